The van der Waals surface area contributed by atoms with Crippen molar-refractivity contribution in [3.8, 4) is 0 Å². The lowest BCUT2D eigenvalue weighted by Crippen LogP contribution is -2.30. The van der Waals surface area contributed by atoms with Crippen LogP contribution in [-0.2, 0) is 12.0 Å². The molecule has 0 saturated heterocycles. The fourth-order valence-electron chi connectivity index (χ4n) is 1.84. The third-order valence-electron chi connectivity index (χ3n) is 2.92. The molecule has 2 aromatic heterocycles. The van der Waals surface area contributed by atoms with E-state index in [1.165, 1.54) is 0 Å². The Balaban J connectivity index is 2.08. The Morgan fingerprint density at radius 2 is 2.21 bits per heavy atom. The van der Waals surface area contributed by atoms with Crippen LogP contribution in [0.1, 0.15) is 31.1 Å². The Morgan fingerprint density at radius 3 is 2.84 bits per heavy atom. The summed E-state index contributed by atoms with van der Waals surface area (Å²) >= 11 is 0. The topological polar surface area (TPSA) is 71.2 Å². The lowest BCUT2D eigenvalue weighted by atomic mass is 10.0. The summed E-state index contributed by atoms with van der Waals surface area (Å²) in [5.41, 5.74) is -0.0954. The van der Waals surface area contributed by atoms with E-state index < -0.39 is 5.60 Å². The fraction of sp³-hybridized carbons (Fsp3) is 0.429. The van der Waals surface area contributed by atoms with Gasteiger partial charge >= 0.3 is 0 Å². The van der Waals surface area contributed by atoms with Gasteiger partial charge in [0.1, 0.15) is 23.0 Å². The number of hydrogen-bond donors (Lipinski definition) is 2. The van der Waals surface area contributed by atoms with Gasteiger partial charge in [-0.2, -0.15) is 0 Å². The zero-order valence-electron chi connectivity index (χ0n) is 11.5. The minimum Gasteiger partial charge on any atom is -0.466 e. The molecule has 1 atom stereocenters. The third kappa shape index (κ3) is 3.32. The van der Waals surface area contributed by atoms with Gasteiger partial charge in [0.15, 0.2) is 0 Å². The molecule has 0 bridgehead atoms. The van der Waals surface area contributed by atoms with Gasteiger partial charge < -0.3 is 14.8 Å². The van der Waals surface area contributed by atoms with Crippen LogP contribution in [-0.4, -0.2) is 21.6 Å². The van der Waals surface area contributed by atoms with E-state index in [4.69, 9.17) is 4.42 Å². The molecule has 5 heteroatoms. The van der Waals surface area contributed by atoms with Crippen LogP contribution < -0.4 is 5.32 Å². The van der Waals surface area contributed by atoms with Crippen molar-refractivity contribution in [1.82, 2.24) is 9.97 Å². The van der Waals surface area contributed by atoms with E-state index in [9.17, 15) is 5.11 Å². The number of nitrogens with zero attached hydrogens (tertiary/aromatic N) is 2. The highest BCUT2D eigenvalue weighted by atomic mass is 16.4. The highest BCUT2D eigenvalue weighted by Gasteiger charge is 2.26. The van der Waals surface area contributed by atoms with E-state index in [0.717, 1.165) is 23.8 Å². The zero-order valence-corrected chi connectivity index (χ0v) is 11.5. The lowest BCUT2D eigenvalue weighted by Gasteiger charge is -2.21. The molecular formula is C14H19N3O2. The molecule has 0 amide bonds. The van der Waals surface area contributed by atoms with Gasteiger partial charge in [-0.25, -0.2) is 9.97 Å². The first-order valence-electron chi connectivity index (χ1n) is 6.36. The van der Waals surface area contributed by atoms with Gasteiger partial charge in [0, 0.05) is 11.8 Å². The highest BCUT2D eigenvalue weighted by molar-refractivity contribution is 5.37. The summed E-state index contributed by atoms with van der Waals surface area (Å²) < 4.78 is 5.23. The largest absolute Gasteiger partial charge is 0.466 e. The van der Waals surface area contributed by atoms with Crippen LogP contribution in [0.5, 0.6) is 0 Å². The molecular weight excluding hydrogens is 242 g/mol. The van der Waals surface area contributed by atoms with Crippen LogP contribution >= 0.6 is 0 Å². The van der Waals surface area contributed by atoms with Crippen molar-refractivity contribution < 1.29 is 9.52 Å². The lowest BCUT2D eigenvalue weighted by molar-refractivity contribution is 0.0476. The zero-order chi connectivity index (χ0) is 13.9. The van der Waals surface area contributed by atoms with Gasteiger partial charge in [-0.1, -0.05) is 6.92 Å². The Kier molecular flexibility index (Phi) is 3.85. The molecule has 0 radical (unpaired) electrons. The quantitative estimate of drug-likeness (QED) is 0.863. The summed E-state index contributed by atoms with van der Waals surface area (Å²) in [6.07, 6.45) is 2.40. The molecule has 0 saturated carbocycles. The molecule has 2 N–H and O–H groups in total. The van der Waals surface area contributed by atoms with Crippen molar-refractivity contribution >= 4 is 5.82 Å². The number of hydrogen-bond acceptors (Lipinski definition) is 5. The smallest absolute Gasteiger partial charge is 0.136 e. The van der Waals surface area contributed by atoms with Gasteiger partial charge in [-0.05, 0) is 32.4 Å². The molecule has 2 heterocycles. The molecule has 19 heavy (non-hydrogen) atoms. The molecule has 0 aliphatic heterocycles. The van der Waals surface area contributed by atoms with Crippen LogP contribution in [0.15, 0.2) is 28.9 Å². The number of aromatic nitrogens is 2. The van der Waals surface area contributed by atoms with Crippen LogP contribution in [0.3, 0.4) is 0 Å². The van der Waals surface area contributed by atoms with E-state index in [1.807, 2.05) is 19.9 Å². The Morgan fingerprint density at radius 1 is 1.42 bits per heavy atom. The van der Waals surface area contributed by atoms with Crippen molar-refractivity contribution in [2.45, 2.75) is 32.8 Å². The second kappa shape index (κ2) is 5.40. The molecule has 0 spiro atoms. The first kappa shape index (κ1) is 13.5. The molecule has 0 aromatic carbocycles. The maximum atomic E-state index is 10.3. The predicted octanol–water partition coefficient (Wildman–Crippen LogP) is 2.26. The number of aryl methyl sites for hydroxylation is 2. The maximum absolute atomic E-state index is 10.3. The number of nitrogens with one attached hydrogen (secondary N) is 1. The molecule has 2 rings (SSSR count). The van der Waals surface area contributed by atoms with Gasteiger partial charge in [0.05, 0.1) is 12.8 Å². The standard InChI is InChI=1S/C14H19N3O2/c1-4-11-8-13(17-10(2)16-11)15-9-14(3,18)12-6-5-7-19-12/h5-8,18H,4,9H2,1-3H3,(H,15,16,17). The summed E-state index contributed by atoms with van der Waals surface area (Å²) in [6, 6.07) is 5.41. The Labute approximate surface area is 112 Å². The molecule has 0 fully saturated rings. The van der Waals surface area contributed by atoms with Gasteiger partial charge in [0.25, 0.3) is 0 Å². The monoisotopic (exact) mass is 261 g/mol. The fourth-order valence-corrected chi connectivity index (χ4v) is 1.84. The molecule has 5 nitrogen and oxygen atoms in total. The molecule has 1 unspecified atom stereocenters. The van der Waals surface area contributed by atoms with Crippen molar-refractivity contribution in [1.29, 1.82) is 0 Å². The summed E-state index contributed by atoms with van der Waals surface area (Å²) in [5.74, 6) is 1.97. The van der Waals surface area contributed by atoms with Crippen molar-refractivity contribution in [3.05, 3.63) is 41.7 Å². The minimum atomic E-state index is -1.07. The van der Waals surface area contributed by atoms with E-state index >= 15 is 0 Å². The van der Waals surface area contributed by atoms with Crippen molar-refractivity contribution in [2.75, 3.05) is 11.9 Å². The van der Waals surface area contributed by atoms with Crippen LogP contribution in [0, 0.1) is 6.92 Å². The number of anilines is 1. The normalized spacial score (nSPS) is 14.1. The molecule has 102 valence electrons. The first-order chi connectivity index (χ1) is 9.01. The number of aliphatic hydroxyl groups is 1. The van der Waals surface area contributed by atoms with Gasteiger partial charge in [-0.3, -0.25) is 0 Å². The minimum absolute atomic E-state index is 0.320. The highest BCUT2D eigenvalue weighted by Crippen LogP contribution is 2.21. The van der Waals surface area contributed by atoms with E-state index in [2.05, 4.69) is 15.3 Å². The average Bonchev–Trinajstić information content (AvgIpc) is 2.90. The van der Waals surface area contributed by atoms with Gasteiger partial charge in [0.2, 0.25) is 0 Å². The Bertz CT molecular complexity index is 536. The third-order valence-corrected chi connectivity index (χ3v) is 2.92. The maximum Gasteiger partial charge on any atom is 0.136 e. The average molecular weight is 261 g/mol. The number of furan rings is 1. The number of rotatable bonds is 5. The van der Waals surface area contributed by atoms with Crippen LogP contribution in [0.25, 0.3) is 0 Å². The second-order valence-electron chi connectivity index (χ2n) is 4.75. The van der Waals surface area contributed by atoms with Crippen molar-refractivity contribution in [2.24, 2.45) is 0 Å². The summed E-state index contributed by atoms with van der Waals surface area (Å²) in [7, 11) is 0. The summed E-state index contributed by atoms with van der Waals surface area (Å²) in [4.78, 5) is 8.62. The van der Waals surface area contributed by atoms with E-state index in [0.29, 0.717) is 12.3 Å². The van der Waals surface area contributed by atoms with Crippen LogP contribution in [0.4, 0.5) is 5.82 Å². The Hall–Kier alpha value is -1.88. The first-order valence-corrected chi connectivity index (χ1v) is 6.36. The molecule has 0 aliphatic carbocycles. The molecule has 2 aromatic rings. The SMILES string of the molecule is CCc1cc(NCC(C)(O)c2ccco2)nc(C)n1. The van der Waals surface area contributed by atoms with Gasteiger partial charge in [-0.15, -0.1) is 0 Å². The van der Waals surface area contributed by atoms with Crippen LogP contribution in [0.2, 0.25) is 0 Å². The van der Waals surface area contributed by atoms with Crippen molar-refractivity contribution in [3.63, 3.8) is 0 Å². The predicted molar refractivity (Wildman–Crippen MR) is 72.9 cm³/mol. The van der Waals surface area contributed by atoms with E-state index in [1.54, 1.807) is 25.3 Å². The summed E-state index contributed by atoms with van der Waals surface area (Å²) in [6.45, 7) is 5.92. The summed E-state index contributed by atoms with van der Waals surface area (Å²) in [5, 5.41) is 13.5. The van der Waals surface area contributed by atoms with E-state index in [-0.39, 0.29) is 0 Å². The molecule has 0 aliphatic rings. The second-order valence-corrected chi connectivity index (χ2v) is 4.75.